The molecule has 5 heteroatoms. The van der Waals surface area contributed by atoms with Gasteiger partial charge in [-0.15, -0.1) is 0 Å². The van der Waals surface area contributed by atoms with E-state index in [1.54, 1.807) is 12.4 Å². The number of benzene rings is 1. The number of carbonyl (C=O) groups excluding carboxylic acids is 1. The Morgan fingerprint density at radius 3 is 2.91 bits per heavy atom. The highest BCUT2D eigenvalue weighted by Crippen LogP contribution is 2.29. The number of aryl methyl sites for hydroxylation is 1. The number of rotatable bonds is 3. The minimum absolute atomic E-state index is 0.124. The zero-order valence-electron chi connectivity index (χ0n) is 12.1. The number of amides is 1. The summed E-state index contributed by atoms with van der Waals surface area (Å²) in [6.45, 7) is 2.09. The van der Waals surface area contributed by atoms with E-state index in [0.717, 1.165) is 23.2 Å². The van der Waals surface area contributed by atoms with Gasteiger partial charge in [0.2, 0.25) is 0 Å². The third-order valence-electron chi connectivity index (χ3n) is 3.23. The van der Waals surface area contributed by atoms with Gasteiger partial charge in [-0.1, -0.05) is 31.2 Å². The minimum atomic E-state index is -0.124. The van der Waals surface area contributed by atoms with Crippen LogP contribution < -0.4 is 5.32 Å². The molecule has 0 spiro atoms. The molecular weight excluding hydrogens is 294 g/mol. The molecule has 3 rings (SSSR count). The molecular formula is C17H15N3OS. The zero-order chi connectivity index (χ0) is 15.4. The second-order valence-corrected chi connectivity index (χ2v) is 5.78. The lowest BCUT2D eigenvalue weighted by Crippen LogP contribution is -2.19. The maximum Gasteiger partial charge on any atom is 0.264 e. The van der Waals surface area contributed by atoms with Crippen molar-refractivity contribution in [2.24, 2.45) is 4.99 Å². The quantitative estimate of drug-likeness (QED) is 0.882. The lowest BCUT2D eigenvalue weighted by molar-refractivity contribution is -0.115. The summed E-state index contributed by atoms with van der Waals surface area (Å²) in [4.78, 5) is 21.3. The molecule has 1 fully saturated rings. The Labute approximate surface area is 133 Å². The van der Waals surface area contributed by atoms with Gasteiger partial charge < -0.3 is 5.32 Å². The Bertz CT molecular complexity index is 754. The average Bonchev–Trinajstić information content (AvgIpc) is 2.88. The van der Waals surface area contributed by atoms with Crippen molar-refractivity contribution in [3.05, 3.63) is 64.8 Å². The molecule has 0 aliphatic carbocycles. The van der Waals surface area contributed by atoms with Crippen LogP contribution >= 0.6 is 11.8 Å². The number of amidine groups is 1. The van der Waals surface area contributed by atoms with Gasteiger partial charge in [0.1, 0.15) is 0 Å². The predicted octanol–water partition coefficient (Wildman–Crippen LogP) is 3.54. The van der Waals surface area contributed by atoms with Crippen LogP contribution in [0, 0.1) is 0 Å². The highest BCUT2D eigenvalue weighted by atomic mass is 32.2. The fourth-order valence-electron chi connectivity index (χ4n) is 2.12. The van der Waals surface area contributed by atoms with E-state index in [4.69, 9.17) is 0 Å². The molecule has 1 aromatic heterocycles. The monoisotopic (exact) mass is 309 g/mol. The molecule has 1 aliphatic heterocycles. The van der Waals surface area contributed by atoms with Gasteiger partial charge in [-0.05, 0) is 47.5 Å². The maximum atomic E-state index is 12.0. The standard InChI is InChI=1S/C17H15N3OS/c1-2-13-7-3-4-8-14(13)19-17-20-16(21)15(22-17)10-12-6-5-9-18-11-12/h3-11H,2H2,1H3,(H,19,20,21). The molecule has 1 saturated heterocycles. The van der Waals surface area contributed by atoms with Crippen LogP contribution in [0.15, 0.2) is 58.7 Å². The molecule has 0 bridgehead atoms. The SMILES string of the molecule is CCc1ccccc1N=C1NC(=O)C(=Cc2cccnc2)S1. The van der Waals surface area contributed by atoms with E-state index in [2.05, 4.69) is 22.2 Å². The molecule has 1 aromatic carbocycles. The lowest BCUT2D eigenvalue weighted by Gasteiger charge is -2.02. The van der Waals surface area contributed by atoms with E-state index in [-0.39, 0.29) is 5.91 Å². The number of aliphatic imine (C=N–C) groups is 1. The fourth-order valence-corrected chi connectivity index (χ4v) is 2.96. The summed E-state index contributed by atoms with van der Waals surface area (Å²) in [5.74, 6) is -0.124. The van der Waals surface area contributed by atoms with Crippen LogP contribution in [0.4, 0.5) is 5.69 Å². The van der Waals surface area contributed by atoms with E-state index in [1.165, 1.54) is 11.8 Å². The molecule has 1 amide bonds. The number of thioether (sulfide) groups is 1. The third-order valence-corrected chi connectivity index (χ3v) is 4.14. The van der Waals surface area contributed by atoms with Gasteiger partial charge in [0.05, 0.1) is 10.6 Å². The van der Waals surface area contributed by atoms with Crippen molar-refractivity contribution in [2.75, 3.05) is 0 Å². The topological polar surface area (TPSA) is 54.4 Å². The summed E-state index contributed by atoms with van der Waals surface area (Å²) in [5.41, 5.74) is 2.96. The second kappa shape index (κ2) is 6.58. The van der Waals surface area contributed by atoms with Crippen LogP contribution in [0.3, 0.4) is 0 Å². The second-order valence-electron chi connectivity index (χ2n) is 4.75. The highest BCUT2D eigenvalue weighted by Gasteiger charge is 2.23. The molecule has 0 saturated carbocycles. The van der Waals surface area contributed by atoms with Crippen LogP contribution in [-0.4, -0.2) is 16.1 Å². The molecule has 0 atom stereocenters. The van der Waals surface area contributed by atoms with E-state index in [9.17, 15) is 4.79 Å². The first-order valence-electron chi connectivity index (χ1n) is 7.04. The zero-order valence-corrected chi connectivity index (χ0v) is 12.9. The summed E-state index contributed by atoms with van der Waals surface area (Å²) < 4.78 is 0. The Morgan fingerprint density at radius 2 is 2.14 bits per heavy atom. The average molecular weight is 309 g/mol. The number of aromatic nitrogens is 1. The van der Waals surface area contributed by atoms with Crippen molar-refractivity contribution >= 4 is 34.6 Å². The molecule has 1 N–H and O–H groups in total. The van der Waals surface area contributed by atoms with Gasteiger partial charge >= 0.3 is 0 Å². The number of nitrogens with one attached hydrogen (secondary N) is 1. The van der Waals surface area contributed by atoms with Crippen molar-refractivity contribution in [2.45, 2.75) is 13.3 Å². The van der Waals surface area contributed by atoms with Crippen LogP contribution in [0.1, 0.15) is 18.1 Å². The Hall–Kier alpha value is -2.40. The first-order valence-corrected chi connectivity index (χ1v) is 7.85. The first kappa shape index (κ1) is 14.5. The Balaban J connectivity index is 1.85. The normalized spacial score (nSPS) is 18.0. The van der Waals surface area contributed by atoms with Crippen LogP contribution in [0.2, 0.25) is 0 Å². The molecule has 0 unspecified atom stereocenters. The summed E-state index contributed by atoms with van der Waals surface area (Å²) in [6.07, 6.45) is 6.16. The van der Waals surface area contributed by atoms with E-state index in [0.29, 0.717) is 10.1 Å². The summed E-state index contributed by atoms with van der Waals surface area (Å²) in [6, 6.07) is 11.7. The Kier molecular flexibility index (Phi) is 4.34. The van der Waals surface area contributed by atoms with E-state index >= 15 is 0 Å². The molecule has 2 aromatic rings. The highest BCUT2D eigenvalue weighted by molar-refractivity contribution is 8.18. The van der Waals surface area contributed by atoms with Crippen molar-refractivity contribution in [3.63, 3.8) is 0 Å². The molecule has 1 aliphatic rings. The predicted molar refractivity (Wildman–Crippen MR) is 90.9 cm³/mol. The number of para-hydroxylation sites is 1. The van der Waals surface area contributed by atoms with Gasteiger partial charge in [0, 0.05) is 12.4 Å². The number of hydrogen-bond acceptors (Lipinski definition) is 4. The van der Waals surface area contributed by atoms with Gasteiger partial charge in [0.25, 0.3) is 5.91 Å². The molecule has 2 heterocycles. The largest absolute Gasteiger partial charge is 0.300 e. The van der Waals surface area contributed by atoms with Gasteiger partial charge in [-0.25, -0.2) is 4.99 Å². The summed E-state index contributed by atoms with van der Waals surface area (Å²) in [5, 5.41) is 3.42. The van der Waals surface area contributed by atoms with Crippen molar-refractivity contribution < 1.29 is 4.79 Å². The van der Waals surface area contributed by atoms with Crippen LogP contribution in [0.5, 0.6) is 0 Å². The third kappa shape index (κ3) is 3.26. The molecule has 22 heavy (non-hydrogen) atoms. The molecule has 110 valence electrons. The maximum absolute atomic E-state index is 12.0. The molecule has 4 nitrogen and oxygen atoms in total. The van der Waals surface area contributed by atoms with Crippen LogP contribution in [-0.2, 0) is 11.2 Å². The van der Waals surface area contributed by atoms with Crippen LogP contribution in [0.25, 0.3) is 6.08 Å². The fraction of sp³-hybridized carbons (Fsp3) is 0.118. The number of carbonyl (C=O) groups is 1. The van der Waals surface area contributed by atoms with Crippen molar-refractivity contribution in [1.82, 2.24) is 10.3 Å². The molecule has 0 radical (unpaired) electrons. The number of pyridine rings is 1. The van der Waals surface area contributed by atoms with E-state index < -0.39 is 0 Å². The van der Waals surface area contributed by atoms with E-state index in [1.807, 2.05) is 42.5 Å². The number of nitrogens with zero attached hydrogens (tertiary/aromatic N) is 2. The Morgan fingerprint density at radius 1 is 1.27 bits per heavy atom. The first-order chi connectivity index (χ1) is 10.8. The lowest BCUT2D eigenvalue weighted by atomic mass is 10.1. The number of hydrogen-bond donors (Lipinski definition) is 1. The minimum Gasteiger partial charge on any atom is -0.300 e. The van der Waals surface area contributed by atoms with Gasteiger partial charge in [-0.3, -0.25) is 9.78 Å². The van der Waals surface area contributed by atoms with Gasteiger partial charge in [-0.2, -0.15) is 0 Å². The van der Waals surface area contributed by atoms with Crippen molar-refractivity contribution in [1.29, 1.82) is 0 Å². The summed E-state index contributed by atoms with van der Waals surface area (Å²) >= 11 is 1.35. The smallest absolute Gasteiger partial charge is 0.264 e. The van der Waals surface area contributed by atoms with Gasteiger partial charge in [0.15, 0.2) is 5.17 Å². The van der Waals surface area contributed by atoms with Crippen molar-refractivity contribution in [3.8, 4) is 0 Å². The summed E-state index contributed by atoms with van der Waals surface area (Å²) in [7, 11) is 0.